The van der Waals surface area contributed by atoms with Crippen LogP contribution < -0.4 is 148 Å². The van der Waals surface area contributed by atoms with E-state index in [0.717, 1.165) is 0 Å². The molecular weight excluding hydrogens is 344 g/mol. The standard InChI is InChI=1S/BClO2.2Cs/c2-1(3)4;;/q-2;2*+1. The monoisotopic (exact) mass is 344 g/mol. The number of halogens is 1. The minimum Gasteiger partial charge on any atom is -0.881 e. The van der Waals surface area contributed by atoms with Gasteiger partial charge in [-0.25, -0.2) is 11.5 Å². The average molecular weight is 344 g/mol. The average Bonchev–Trinajstić information content (AvgIpc) is 0.811. The quantitative estimate of drug-likeness (QED) is 0.410. The molecule has 0 spiro atoms. The van der Waals surface area contributed by atoms with E-state index in [9.17, 15) is 0 Å². The van der Waals surface area contributed by atoms with Gasteiger partial charge < -0.3 is 10.0 Å². The normalized spacial score (nSPS) is 4.50. The van der Waals surface area contributed by atoms with Gasteiger partial charge in [-0.05, 0) is 0 Å². The Morgan fingerprint density at radius 2 is 1.17 bits per heavy atom. The van der Waals surface area contributed by atoms with Crippen LogP contribution >= 0.6 is 11.5 Å². The van der Waals surface area contributed by atoms with E-state index in [1.54, 1.807) is 0 Å². The smallest absolute Gasteiger partial charge is 0.881 e. The molecule has 0 rings (SSSR count). The van der Waals surface area contributed by atoms with Crippen molar-refractivity contribution in [3.63, 3.8) is 0 Å². The maximum absolute atomic E-state index is 8.74. The molecule has 0 atom stereocenters. The molecule has 24 valence electrons. The van der Waals surface area contributed by atoms with Crippen LogP contribution in [0.25, 0.3) is 0 Å². The van der Waals surface area contributed by atoms with Crippen molar-refractivity contribution >= 4 is 18.0 Å². The second kappa shape index (κ2) is 12.1. The largest absolute Gasteiger partial charge is 1.00 e. The Labute approximate surface area is 160 Å². The number of hydrogen-bond donors (Lipinski definition) is 0. The van der Waals surface area contributed by atoms with Gasteiger partial charge in [-0.1, -0.05) is 0 Å². The summed E-state index contributed by atoms with van der Waals surface area (Å²) in [5.74, 6) is 0. The molecule has 0 radical (unpaired) electrons. The summed E-state index contributed by atoms with van der Waals surface area (Å²) >= 11 is 4.16. The van der Waals surface area contributed by atoms with Crippen molar-refractivity contribution in [1.29, 1.82) is 0 Å². The molecular formula is BClCs2O2. The Balaban J connectivity index is -0.0000000450. The molecule has 0 aliphatic heterocycles. The van der Waals surface area contributed by atoms with Crippen molar-refractivity contribution in [3.05, 3.63) is 0 Å². The maximum atomic E-state index is 8.74. The van der Waals surface area contributed by atoms with E-state index in [4.69, 9.17) is 10.0 Å². The maximum Gasteiger partial charge on any atom is 1.00 e. The van der Waals surface area contributed by atoms with Crippen molar-refractivity contribution in [2.24, 2.45) is 0 Å². The van der Waals surface area contributed by atoms with E-state index >= 15 is 0 Å². The predicted molar refractivity (Wildman–Crippen MR) is 11.6 cm³/mol. The predicted octanol–water partition coefficient (Wildman–Crippen LogP) is -8.06. The number of hydrogen-bond acceptors (Lipinski definition) is 2. The fraction of sp³-hybridized carbons (Fsp3) is 0. The van der Waals surface area contributed by atoms with Gasteiger partial charge in [0.1, 0.15) is 0 Å². The summed E-state index contributed by atoms with van der Waals surface area (Å²) in [5.41, 5.74) is 0. The van der Waals surface area contributed by atoms with Crippen LogP contribution in [0.1, 0.15) is 0 Å². The molecule has 0 aromatic heterocycles. The summed E-state index contributed by atoms with van der Waals surface area (Å²) in [6.45, 7) is -2.19. The minimum absolute atomic E-state index is 0. The van der Waals surface area contributed by atoms with E-state index in [2.05, 4.69) is 11.5 Å². The van der Waals surface area contributed by atoms with Gasteiger partial charge in [0.15, 0.2) is 0 Å². The number of rotatable bonds is 0. The summed E-state index contributed by atoms with van der Waals surface area (Å²) in [4.78, 5) is 0. The van der Waals surface area contributed by atoms with Crippen molar-refractivity contribution in [2.45, 2.75) is 0 Å². The van der Waals surface area contributed by atoms with E-state index in [-0.39, 0.29) is 138 Å². The van der Waals surface area contributed by atoms with Crippen molar-refractivity contribution in [3.8, 4) is 0 Å². The van der Waals surface area contributed by atoms with Crippen molar-refractivity contribution in [2.75, 3.05) is 0 Å². The molecule has 6 heavy (non-hydrogen) atoms. The molecule has 0 amide bonds. The summed E-state index contributed by atoms with van der Waals surface area (Å²) in [5, 5.41) is 17.5. The van der Waals surface area contributed by atoms with E-state index in [1.165, 1.54) is 0 Å². The molecule has 0 aromatic rings. The van der Waals surface area contributed by atoms with Crippen LogP contribution in [-0.4, -0.2) is 6.53 Å². The summed E-state index contributed by atoms with van der Waals surface area (Å²) in [6, 6.07) is 0. The molecule has 0 aliphatic carbocycles. The molecule has 2 nitrogen and oxygen atoms in total. The third-order valence-corrected chi connectivity index (χ3v) is 0. The van der Waals surface area contributed by atoms with Crippen LogP contribution in [0.4, 0.5) is 0 Å². The zero-order valence-electron chi connectivity index (χ0n) is 3.77. The van der Waals surface area contributed by atoms with Crippen LogP contribution in [0.5, 0.6) is 0 Å². The molecule has 0 aliphatic rings. The van der Waals surface area contributed by atoms with Gasteiger partial charge in [-0.3, -0.25) is 0 Å². The van der Waals surface area contributed by atoms with Crippen LogP contribution in [0.2, 0.25) is 0 Å². The SMILES string of the molecule is [Cs+].[Cs+].[O-]B([O-])Cl. The van der Waals surface area contributed by atoms with Crippen LogP contribution in [0.15, 0.2) is 0 Å². The first-order valence-corrected chi connectivity index (χ1v) is 1.13. The third kappa shape index (κ3) is 23.8. The van der Waals surface area contributed by atoms with Gasteiger partial charge in [-0.2, -0.15) is 0 Å². The van der Waals surface area contributed by atoms with Gasteiger partial charge in [0.05, 0.1) is 0 Å². The fourth-order valence-corrected chi connectivity index (χ4v) is 0. The Bertz CT molecular complexity index is 16.3. The van der Waals surface area contributed by atoms with Gasteiger partial charge in [-0.15, -0.1) is 0 Å². The first kappa shape index (κ1) is 16.8. The van der Waals surface area contributed by atoms with Gasteiger partial charge >= 0.3 is 138 Å². The van der Waals surface area contributed by atoms with E-state index < -0.39 is 6.53 Å². The minimum atomic E-state index is -2.19. The van der Waals surface area contributed by atoms with Crippen molar-refractivity contribution < 1.29 is 148 Å². The third-order valence-electron chi connectivity index (χ3n) is 0. The van der Waals surface area contributed by atoms with E-state index in [1.807, 2.05) is 0 Å². The Morgan fingerprint density at radius 1 is 1.17 bits per heavy atom. The van der Waals surface area contributed by atoms with Crippen LogP contribution in [0, 0.1) is 0 Å². The first-order chi connectivity index (χ1) is 1.73. The van der Waals surface area contributed by atoms with Crippen molar-refractivity contribution in [1.82, 2.24) is 0 Å². The summed E-state index contributed by atoms with van der Waals surface area (Å²) in [7, 11) is 0. The molecule has 0 N–H and O–H groups in total. The molecule has 0 heterocycles. The second-order valence-corrected chi connectivity index (χ2v) is 0.631. The molecule has 0 aromatic carbocycles. The second-order valence-electron chi connectivity index (χ2n) is 0.274. The Hall–Kier alpha value is 4.38. The first-order valence-electron chi connectivity index (χ1n) is 0.690. The topological polar surface area (TPSA) is 46.1 Å². The van der Waals surface area contributed by atoms with E-state index in [0.29, 0.717) is 0 Å². The van der Waals surface area contributed by atoms with Gasteiger partial charge in [0.2, 0.25) is 0 Å². The summed E-state index contributed by atoms with van der Waals surface area (Å²) < 4.78 is 0. The molecule has 0 saturated carbocycles. The van der Waals surface area contributed by atoms with Crippen LogP contribution in [-0.2, 0) is 0 Å². The summed E-state index contributed by atoms with van der Waals surface area (Å²) in [6.07, 6.45) is 0. The Morgan fingerprint density at radius 3 is 1.17 bits per heavy atom. The molecule has 6 heteroatoms. The van der Waals surface area contributed by atoms with Gasteiger partial charge in [0.25, 0.3) is 0 Å². The Kier molecular flexibility index (Phi) is 33.8. The molecule has 0 fully saturated rings. The zero-order chi connectivity index (χ0) is 3.58. The zero-order valence-corrected chi connectivity index (χ0v) is 17.1. The van der Waals surface area contributed by atoms with Gasteiger partial charge in [0, 0.05) is 6.53 Å². The van der Waals surface area contributed by atoms with Crippen LogP contribution in [0.3, 0.4) is 0 Å². The fourth-order valence-electron chi connectivity index (χ4n) is 0. The molecule has 0 unspecified atom stereocenters. The molecule has 0 saturated heterocycles. The molecule has 0 bridgehead atoms.